The molecule has 1 fully saturated rings. The first-order chi connectivity index (χ1) is 16.6. The molecule has 9 heteroatoms. The van der Waals surface area contributed by atoms with Crippen molar-refractivity contribution in [1.29, 1.82) is 0 Å². The molecule has 0 atom stereocenters. The molecule has 182 valence electrons. The molecule has 3 heterocycles. The van der Waals surface area contributed by atoms with Crippen molar-refractivity contribution >= 4 is 9.84 Å². The van der Waals surface area contributed by atoms with Gasteiger partial charge in [-0.15, -0.1) is 0 Å². The molecule has 5 nitrogen and oxygen atoms in total. The van der Waals surface area contributed by atoms with Gasteiger partial charge in [0.1, 0.15) is 5.69 Å². The lowest BCUT2D eigenvalue weighted by atomic mass is 10.0. The van der Waals surface area contributed by atoms with E-state index in [4.69, 9.17) is 0 Å². The highest BCUT2D eigenvalue weighted by Crippen LogP contribution is 2.41. The van der Waals surface area contributed by atoms with Gasteiger partial charge in [0.15, 0.2) is 9.84 Å². The first-order valence-electron chi connectivity index (χ1n) is 11.5. The van der Waals surface area contributed by atoms with Crippen molar-refractivity contribution in [1.82, 2.24) is 14.5 Å². The molecule has 0 bridgehead atoms. The maximum atomic E-state index is 13.3. The summed E-state index contributed by atoms with van der Waals surface area (Å²) in [4.78, 5) is 8.31. The highest BCUT2D eigenvalue weighted by molar-refractivity contribution is 7.91. The molecule has 1 aliphatic carbocycles. The Bertz CT molecular complexity index is 1470. The summed E-state index contributed by atoms with van der Waals surface area (Å²) in [6.07, 6.45) is 1.05. The minimum absolute atomic E-state index is 0.0494. The normalized spacial score (nSPS) is 14.5. The number of aryl methyl sites for hydroxylation is 1. The number of hydrogen-bond donors (Lipinski definition) is 0. The van der Waals surface area contributed by atoms with Crippen molar-refractivity contribution in [2.45, 2.75) is 50.2 Å². The fourth-order valence-corrected chi connectivity index (χ4v) is 5.38. The van der Waals surface area contributed by atoms with Gasteiger partial charge in [-0.25, -0.2) is 13.4 Å². The molecule has 0 saturated heterocycles. The highest BCUT2D eigenvalue weighted by Gasteiger charge is 2.35. The van der Waals surface area contributed by atoms with E-state index in [9.17, 15) is 21.6 Å². The summed E-state index contributed by atoms with van der Waals surface area (Å²) < 4.78 is 67.6. The Morgan fingerprint density at radius 2 is 1.71 bits per heavy atom. The Hall–Kier alpha value is -3.20. The fourth-order valence-electron chi connectivity index (χ4n) is 4.29. The lowest BCUT2D eigenvalue weighted by Gasteiger charge is -2.16. The number of rotatable bonds is 6. The standard InChI is InChI=1S/C26H24F3N3O2S/c1-3-32-15-20(11-21-22(32)13-24(31-21)26(27,28)29)25-23(35(33,34)4-2)12-19(14-30-25)18-9-7-17(8-10-18)16-5-6-16/h7-16H,3-6H2,1-2H3. The summed E-state index contributed by atoms with van der Waals surface area (Å²) >= 11 is 0. The van der Waals surface area contributed by atoms with Gasteiger partial charge in [0.05, 0.1) is 27.7 Å². The van der Waals surface area contributed by atoms with E-state index in [0.717, 1.165) is 11.6 Å². The zero-order chi connectivity index (χ0) is 25.0. The SMILES string of the molecule is CCn1cc(-c2ncc(-c3ccc(C4CC4)cc3)cc2S(=O)(=O)CC)cc2nc(C(F)(F)F)cc1-2. The number of fused-ring (bicyclic) bond motifs is 1. The second-order valence-corrected chi connectivity index (χ2v) is 11.0. The third kappa shape index (κ3) is 4.45. The summed E-state index contributed by atoms with van der Waals surface area (Å²) in [5, 5.41) is 0. The van der Waals surface area contributed by atoms with Crippen LogP contribution in [0.4, 0.5) is 13.2 Å². The molecule has 0 spiro atoms. The third-order valence-corrected chi connectivity index (χ3v) is 8.18. The van der Waals surface area contributed by atoms with Crippen molar-refractivity contribution in [2.24, 2.45) is 0 Å². The van der Waals surface area contributed by atoms with Crippen LogP contribution in [-0.2, 0) is 22.6 Å². The molecule has 5 rings (SSSR count). The summed E-state index contributed by atoms with van der Waals surface area (Å²) in [6, 6.07) is 12.1. The molecule has 0 unspecified atom stereocenters. The molecule has 0 amide bonds. The Kier molecular flexibility index (Phi) is 5.70. The maximum Gasteiger partial charge on any atom is 0.433 e. The molecular weight excluding hydrogens is 475 g/mol. The van der Waals surface area contributed by atoms with Crippen molar-refractivity contribution < 1.29 is 21.6 Å². The lowest BCUT2D eigenvalue weighted by molar-refractivity contribution is -0.140. The van der Waals surface area contributed by atoms with E-state index < -0.39 is 21.7 Å². The Morgan fingerprint density at radius 1 is 1.00 bits per heavy atom. The average Bonchev–Trinajstić information content (AvgIpc) is 3.60. The van der Waals surface area contributed by atoms with Gasteiger partial charge < -0.3 is 4.57 Å². The minimum Gasteiger partial charge on any atom is -0.346 e. The van der Waals surface area contributed by atoms with Crippen LogP contribution in [0.2, 0.25) is 0 Å². The number of benzene rings is 1. The van der Waals surface area contributed by atoms with Gasteiger partial charge in [-0.2, -0.15) is 13.2 Å². The predicted octanol–water partition coefficient (Wildman–Crippen LogP) is 6.43. The molecule has 0 N–H and O–H groups in total. The Morgan fingerprint density at radius 3 is 2.31 bits per heavy atom. The predicted molar refractivity (Wildman–Crippen MR) is 128 cm³/mol. The summed E-state index contributed by atoms with van der Waals surface area (Å²) in [6.45, 7) is 3.74. The van der Waals surface area contributed by atoms with E-state index in [2.05, 4.69) is 22.1 Å². The highest BCUT2D eigenvalue weighted by atomic mass is 32.2. The second kappa shape index (κ2) is 8.48. The fraction of sp³-hybridized carbons (Fsp3) is 0.308. The van der Waals surface area contributed by atoms with Crippen LogP contribution in [0.15, 0.2) is 59.8 Å². The van der Waals surface area contributed by atoms with Crippen LogP contribution in [0, 0.1) is 0 Å². The molecule has 35 heavy (non-hydrogen) atoms. The van der Waals surface area contributed by atoms with Crippen LogP contribution in [0.1, 0.15) is 43.9 Å². The van der Waals surface area contributed by atoms with Crippen LogP contribution in [-0.4, -0.2) is 28.7 Å². The van der Waals surface area contributed by atoms with E-state index in [1.165, 1.54) is 24.5 Å². The number of aromatic nitrogens is 3. The molecular formula is C26H24F3N3O2S. The summed E-state index contributed by atoms with van der Waals surface area (Å²) in [5.74, 6) is 0.484. The van der Waals surface area contributed by atoms with Gasteiger partial charge in [0.2, 0.25) is 0 Å². The smallest absolute Gasteiger partial charge is 0.346 e. The molecule has 2 aromatic rings. The number of hydrogen-bond acceptors (Lipinski definition) is 4. The van der Waals surface area contributed by atoms with Gasteiger partial charge in [0, 0.05) is 30.1 Å². The quantitative estimate of drug-likeness (QED) is 0.307. The van der Waals surface area contributed by atoms with Crippen LogP contribution < -0.4 is 0 Å². The Balaban J connectivity index is 1.65. The van der Waals surface area contributed by atoms with Crippen molar-refractivity contribution in [3.05, 3.63) is 66.1 Å². The zero-order valence-corrected chi connectivity index (χ0v) is 20.1. The average molecular weight is 500 g/mol. The molecule has 1 aromatic heterocycles. The van der Waals surface area contributed by atoms with Crippen molar-refractivity contribution in [3.8, 4) is 33.8 Å². The molecule has 1 aromatic carbocycles. The minimum atomic E-state index is -4.57. The van der Waals surface area contributed by atoms with E-state index in [-0.39, 0.29) is 22.0 Å². The van der Waals surface area contributed by atoms with Gasteiger partial charge in [-0.1, -0.05) is 31.2 Å². The van der Waals surface area contributed by atoms with E-state index in [1.54, 1.807) is 36.9 Å². The number of sulfone groups is 1. The zero-order valence-electron chi connectivity index (χ0n) is 19.3. The topological polar surface area (TPSA) is 64.8 Å². The molecule has 1 saturated carbocycles. The van der Waals surface area contributed by atoms with Crippen molar-refractivity contribution in [2.75, 3.05) is 5.75 Å². The van der Waals surface area contributed by atoms with E-state index >= 15 is 0 Å². The Labute approximate surface area is 201 Å². The van der Waals surface area contributed by atoms with Gasteiger partial charge in [-0.05, 0) is 55.0 Å². The van der Waals surface area contributed by atoms with Crippen LogP contribution in [0.3, 0.4) is 0 Å². The maximum absolute atomic E-state index is 13.3. The third-order valence-electron chi connectivity index (χ3n) is 6.44. The van der Waals surface area contributed by atoms with Crippen molar-refractivity contribution in [3.63, 3.8) is 0 Å². The first-order valence-corrected chi connectivity index (χ1v) is 13.2. The van der Waals surface area contributed by atoms with Gasteiger partial charge in [-0.3, -0.25) is 4.98 Å². The number of pyridine rings is 2. The number of alkyl halides is 3. The molecule has 3 aliphatic rings. The number of halogens is 3. The number of nitrogens with zero attached hydrogens (tertiary/aromatic N) is 3. The monoisotopic (exact) mass is 499 g/mol. The summed E-state index contributed by atoms with van der Waals surface area (Å²) in [5.41, 5.74) is 2.88. The van der Waals surface area contributed by atoms with Gasteiger partial charge >= 0.3 is 6.18 Å². The first kappa shape index (κ1) is 23.5. The molecule has 0 radical (unpaired) electrons. The largest absolute Gasteiger partial charge is 0.433 e. The van der Waals surface area contributed by atoms with E-state index in [0.29, 0.717) is 29.3 Å². The van der Waals surface area contributed by atoms with Crippen LogP contribution >= 0.6 is 0 Å². The summed E-state index contributed by atoms with van der Waals surface area (Å²) in [7, 11) is -3.68. The lowest BCUT2D eigenvalue weighted by Crippen LogP contribution is -2.09. The van der Waals surface area contributed by atoms with Crippen LogP contribution in [0.5, 0.6) is 0 Å². The van der Waals surface area contributed by atoms with Crippen LogP contribution in [0.25, 0.3) is 33.8 Å². The molecule has 2 aliphatic heterocycles. The van der Waals surface area contributed by atoms with E-state index in [1.807, 2.05) is 12.1 Å². The second-order valence-electron chi connectivity index (χ2n) is 8.79. The van der Waals surface area contributed by atoms with Gasteiger partial charge in [0.25, 0.3) is 0 Å².